The lowest BCUT2D eigenvalue weighted by atomic mass is 10.1. The summed E-state index contributed by atoms with van der Waals surface area (Å²) in [6.45, 7) is -0.0537. The molecule has 0 amide bonds. The van der Waals surface area contributed by atoms with Crippen molar-refractivity contribution in [2.24, 2.45) is 0 Å². The average Bonchev–Trinajstić information content (AvgIpc) is 2.58. The minimum absolute atomic E-state index is 0.0537. The fourth-order valence-corrected chi connectivity index (χ4v) is 2.36. The number of hydrogen-bond acceptors (Lipinski definition) is 3. The molecule has 4 nitrogen and oxygen atoms in total. The molecule has 0 aliphatic heterocycles. The number of benzene rings is 2. The molecular weight excluding hydrogens is 295 g/mol. The van der Waals surface area contributed by atoms with Crippen LogP contribution < -0.4 is 5.56 Å². The highest BCUT2D eigenvalue weighted by molar-refractivity contribution is 5.57. The van der Waals surface area contributed by atoms with Crippen LogP contribution in [0.25, 0.3) is 11.3 Å². The van der Waals surface area contributed by atoms with Crippen LogP contribution in [0.5, 0.6) is 0 Å². The molecule has 0 aliphatic carbocycles. The molecule has 0 aliphatic rings. The van der Waals surface area contributed by atoms with Crippen LogP contribution in [0.4, 0.5) is 4.39 Å². The normalized spacial score (nSPS) is 12.1. The lowest BCUT2D eigenvalue weighted by molar-refractivity contribution is 0.150. The van der Waals surface area contributed by atoms with Gasteiger partial charge in [-0.3, -0.25) is 9.36 Å². The lowest BCUT2D eigenvalue weighted by Gasteiger charge is -2.13. The molecule has 23 heavy (non-hydrogen) atoms. The minimum atomic E-state index is -1.11. The molecule has 0 saturated heterocycles. The first-order valence-electron chi connectivity index (χ1n) is 7.19. The van der Waals surface area contributed by atoms with Crippen molar-refractivity contribution in [2.75, 3.05) is 0 Å². The first-order valence-corrected chi connectivity index (χ1v) is 7.19. The van der Waals surface area contributed by atoms with Gasteiger partial charge in [0, 0.05) is 17.2 Å². The smallest absolute Gasteiger partial charge is 0.253 e. The Kier molecular flexibility index (Phi) is 4.30. The first-order chi connectivity index (χ1) is 11.1. The van der Waals surface area contributed by atoms with E-state index in [1.54, 1.807) is 12.1 Å². The monoisotopic (exact) mass is 310 g/mol. The quantitative estimate of drug-likeness (QED) is 0.806. The zero-order valence-electron chi connectivity index (χ0n) is 12.3. The van der Waals surface area contributed by atoms with Crippen molar-refractivity contribution in [3.63, 3.8) is 0 Å². The van der Waals surface area contributed by atoms with Crippen LogP contribution in [0, 0.1) is 5.82 Å². The van der Waals surface area contributed by atoms with Crippen LogP contribution in [0.1, 0.15) is 11.7 Å². The molecule has 116 valence electrons. The van der Waals surface area contributed by atoms with E-state index in [-0.39, 0.29) is 17.7 Å². The van der Waals surface area contributed by atoms with E-state index in [4.69, 9.17) is 0 Å². The maximum Gasteiger partial charge on any atom is 0.253 e. The van der Waals surface area contributed by atoms with Gasteiger partial charge < -0.3 is 5.11 Å². The number of halogens is 1. The molecule has 0 fully saturated rings. The van der Waals surface area contributed by atoms with Crippen LogP contribution in [0.2, 0.25) is 0 Å². The molecule has 5 heteroatoms. The largest absolute Gasteiger partial charge is 0.386 e. The number of nitrogens with zero attached hydrogens (tertiary/aromatic N) is 2. The Hall–Kier alpha value is -2.79. The van der Waals surface area contributed by atoms with Gasteiger partial charge in [-0.25, -0.2) is 9.37 Å². The summed E-state index contributed by atoms with van der Waals surface area (Å²) in [6, 6.07) is 16.7. The second-order valence-electron chi connectivity index (χ2n) is 5.17. The zero-order chi connectivity index (χ0) is 16.2. The molecule has 1 aromatic heterocycles. The van der Waals surface area contributed by atoms with Gasteiger partial charge in [0.15, 0.2) is 0 Å². The van der Waals surface area contributed by atoms with Gasteiger partial charge in [0.25, 0.3) is 5.56 Å². The Bertz CT molecular complexity index is 862. The summed E-state index contributed by atoms with van der Waals surface area (Å²) in [4.78, 5) is 16.4. The third-order valence-corrected chi connectivity index (χ3v) is 3.58. The maximum atomic E-state index is 13.7. The highest BCUT2D eigenvalue weighted by Crippen LogP contribution is 2.18. The zero-order valence-corrected chi connectivity index (χ0v) is 12.3. The molecule has 0 unspecified atom stereocenters. The number of rotatable bonds is 4. The van der Waals surface area contributed by atoms with Crippen molar-refractivity contribution in [2.45, 2.75) is 12.6 Å². The second kappa shape index (κ2) is 6.54. The molecule has 1 heterocycles. The van der Waals surface area contributed by atoms with Gasteiger partial charge in [0.2, 0.25) is 0 Å². The van der Waals surface area contributed by atoms with Gasteiger partial charge >= 0.3 is 0 Å². The molecule has 0 bridgehead atoms. The highest BCUT2D eigenvalue weighted by Gasteiger charge is 2.14. The summed E-state index contributed by atoms with van der Waals surface area (Å²) in [7, 11) is 0. The fraction of sp³-hybridized carbons (Fsp3) is 0.111. The Morgan fingerprint density at radius 1 is 1.09 bits per heavy atom. The SMILES string of the molecule is O=c1cc(-c2ccccc2)ncn1C[C@H](O)c1ccccc1F. The summed E-state index contributed by atoms with van der Waals surface area (Å²) >= 11 is 0. The predicted octanol–water partition coefficient (Wildman–Crippen LogP) is 2.78. The third-order valence-electron chi connectivity index (χ3n) is 3.58. The van der Waals surface area contributed by atoms with Crippen molar-refractivity contribution >= 4 is 0 Å². The summed E-state index contributed by atoms with van der Waals surface area (Å²) < 4.78 is 14.9. The molecule has 3 rings (SSSR count). The Morgan fingerprint density at radius 3 is 2.48 bits per heavy atom. The van der Waals surface area contributed by atoms with Crippen LogP contribution >= 0.6 is 0 Å². The molecule has 0 radical (unpaired) electrons. The van der Waals surface area contributed by atoms with Gasteiger partial charge in [0.1, 0.15) is 5.82 Å². The van der Waals surface area contributed by atoms with Crippen LogP contribution in [-0.4, -0.2) is 14.7 Å². The Morgan fingerprint density at radius 2 is 1.78 bits per heavy atom. The van der Waals surface area contributed by atoms with E-state index in [1.165, 1.54) is 29.1 Å². The topological polar surface area (TPSA) is 55.1 Å². The lowest BCUT2D eigenvalue weighted by Crippen LogP contribution is -2.23. The number of hydrogen-bond donors (Lipinski definition) is 1. The number of aliphatic hydroxyl groups is 1. The molecule has 1 atom stereocenters. The van der Waals surface area contributed by atoms with Gasteiger partial charge in [-0.15, -0.1) is 0 Å². The van der Waals surface area contributed by atoms with Gasteiger partial charge in [0.05, 0.1) is 24.7 Å². The second-order valence-corrected chi connectivity index (χ2v) is 5.17. The molecule has 3 aromatic rings. The first kappa shape index (κ1) is 15.1. The molecule has 0 spiro atoms. The van der Waals surface area contributed by atoms with Gasteiger partial charge in [-0.05, 0) is 6.07 Å². The summed E-state index contributed by atoms with van der Waals surface area (Å²) in [5.74, 6) is -0.498. The van der Waals surface area contributed by atoms with E-state index in [0.717, 1.165) is 5.56 Å². The molecular formula is C18H15FN2O2. The van der Waals surface area contributed by atoms with Gasteiger partial charge in [-0.2, -0.15) is 0 Å². The molecule has 1 N–H and O–H groups in total. The van der Waals surface area contributed by atoms with Crippen molar-refractivity contribution in [1.82, 2.24) is 9.55 Å². The van der Waals surface area contributed by atoms with Crippen molar-refractivity contribution in [1.29, 1.82) is 0 Å². The van der Waals surface area contributed by atoms with E-state index < -0.39 is 11.9 Å². The summed E-state index contributed by atoms with van der Waals surface area (Å²) in [5.41, 5.74) is 1.26. The fourth-order valence-electron chi connectivity index (χ4n) is 2.36. The number of aromatic nitrogens is 2. The minimum Gasteiger partial charge on any atom is -0.386 e. The van der Waals surface area contributed by atoms with Crippen LogP contribution in [-0.2, 0) is 6.54 Å². The van der Waals surface area contributed by atoms with Crippen molar-refractivity contribution in [3.05, 3.63) is 88.7 Å². The van der Waals surface area contributed by atoms with Crippen molar-refractivity contribution < 1.29 is 9.50 Å². The van der Waals surface area contributed by atoms with Gasteiger partial charge in [-0.1, -0.05) is 48.5 Å². The number of aliphatic hydroxyl groups excluding tert-OH is 1. The predicted molar refractivity (Wildman–Crippen MR) is 85.3 cm³/mol. The maximum absolute atomic E-state index is 13.7. The van der Waals surface area contributed by atoms with E-state index in [2.05, 4.69) is 4.98 Å². The highest BCUT2D eigenvalue weighted by atomic mass is 19.1. The van der Waals surface area contributed by atoms with Crippen LogP contribution in [0.3, 0.4) is 0 Å². The van der Waals surface area contributed by atoms with E-state index >= 15 is 0 Å². The van der Waals surface area contributed by atoms with E-state index in [0.29, 0.717) is 5.69 Å². The van der Waals surface area contributed by atoms with Crippen molar-refractivity contribution in [3.8, 4) is 11.3 Å². The van der Waals surface area contributed by atoms with E-state index in [1.807, 2.05) is 30.3 Å². The third kappa shape index (κ3) is 3.35. The summed E-state index contributed by atoms with van der Waals surface area (Å²) in [5, 5.41) is 10.1. The molecule has 2 aromatic carbocycles. The average molecular weight is 310 g/mol. The van der Waals surface area contributed by atoms with E-state index in [9.17, 15) is 14.3 Å². The van der Waals surface area contributed by atoms with Crippen LogP contribution in [0.15, 0.2) is 71.8 Å². The Balaban J connectivity index is 1.85. The Labute approximate surface area is 132 Å². The molecule has 0 saturated carbocycles. The standard InChI is InChI=1S/C18H15FN2O2/c19-15-9-5-4-8-14(15)17(22)11-21-12-20-16(10-18(21)23)13-6-2-1-3-7-13/h1-10,12,17,22H,11H2/t17-/m0/s1. The summed E-state index contributed by atoms with van der Waals surface area (Å²) in [6.07, 6.45) is 0.257.